The number of likely N-dealkylation sites (N-methyl/N-ethyl adjacent to an activating group) is 1. The third-order valence-corrected chi connectivity index (χ3v) is 7.18. The van der Waals surface area contributed by atoms with E-state index in [0.29, 0.717) is 6.61 Å². The van der Waals surface area contributed by atoms with Gasteiger partial charge in [-0.2, -0.15) is 0 Å². The van der Waals surface area contributed by atoms with Gasteiger partial charge in [0.1, 0.15) is 12.4 Å². The fourth-order valence-electron chi connectivity index (χ4n) is 4.96. The summed E-state index contributed by atoms with van der Waals surface area (Å²) in [6.07, 6.45) is 4.21. The Morgan fingerprint density at radius 1 is 1.06 bits per heavy atom. The van der Waals surface area contributed by atoms with Crippen LogP contribution in [0.15, 0.2) is 54.4 Å². The molecule has 2 aliphatic rings. The topological polar surface area (TPSA) is 73.8 Å². The van der Waals surface area contributed by atoms with Gasteiger partial charge >= 0.3 is 5.97 Å². The van der Waals surface area contributed by atoms with Crippen molar-refractivity contribution in [1.82, 2.24) is 16.0 Å². The molecule has 3 N–H and O–H groups in total. The lowest BCUT2D eigenvalue weighted by Crippen LogP contribution is -2.35. The summed E-state index contributed by atoms with van der Waals surface area (Å²) in [7, 11) is 1.86. The summed E-state index contributed by atoms with van der Waals surface area (Å²) in [4.78, 5) is 11.4. The summed E-state index contributed by atoms with van der Waals surface area (Å²) < 4.78 is 6.10. The lowest BCUT2D eigenvalue weighted by atomic mass is 9.63. The number of allylic oxidation sites excluding steroid dienone is 1. The van der Waals surface area contributed by atoms with Crippen molar-refractivity contribution in [3.8, 4) is 5.75 Å². The molecule has 2 aromatic carbocycles. The largest absolute Gasteiger partial charge is 0.489 e. The molecule has 0 fully saturated rings. The average Bonchev–Trinajstić information content (AvgIpc) is 3.20. The fourth-order valence-corrected chi connectivity index (χ4v) is 4.96. The number of benzene rings is 2. The van der Waals surface area contributed by atoms with Gasteiger partial charge in [-0.25, -0.2) is 0 Å². The van der Waals surface area contributed by atoms with Gasteiger partial charge in [-0.05, 0) is 58.1 Å². The van der Waals surface area contributed by atoms with Gasteiger partial charge in [0.25, 0.3) is 0 Å². The molecule has 33 heavy (non-hydrogen) atoms. The van der Waals surface area contributed by atoms with Crippen molar-refractivity contribution in [1.29, 1.82) is 0 Å². The van der Waals surface area contributed by atoms with Crippen LogP contribution in [-0.4, -0.2) is 23.1 Å². The number of carboxylic acids is 1. The van der Waals surface area contributed by atoms with Crippen molar-refractivity contribution >= 4 is 5.97 Å². The Kier molecular flexibility index (Phi) is 6.14. The average molecular weight is 450 g/mol. The Morgan fingerprint density at radius 2 is 1.73 bits per heavy atom. The molecule has 2 aromatic rings. The summed E-state index contributed by atoms with van der Waals surface area (Å²) in [5, 5.41) is 11.2. The van der Waals surface area contributed by atoms with Crippen LogP contribution in [0.1, 0.15) is 75.1 Å². The number of nitrogens with zero attached hydrogens (tertiary/aromatic N) is 1. The first-order valence-electron chi connectivity index (χ1n) is 11.6. The number of aliphatic carboxylic acids is 1. The van der Waals surface area contributed by atoms with Crippen LogP contribution in [0.4, 0.5) is 0 Å². The molecule has 6 heteroatoms. The van der Waals surface area contributed by atoms with E-state index in [4.69, 9.17) is 4.74 Å². The fraction of sp³-hybridized carbons (Fsp3) is 0.444. The van der Waals surface area contributed by atoms with E-state index in [1.54, 1.807) is 11.2 Å². The second kappa shape index (κ2) is 8.75. The van der Waals surface area contributed by atoms with E-state index in [-0.39, 0.29) is 23.2 Å². The van der Waals surface area contributed by atoms with E-state index in [2.05, 4.69) is 56.9 Å². The van der Waals surface area contributed by atoms with Crippen LogP contribution in [-0.2, 0) is 22.2 Å². The lowest BCUT2D eigenvalue weighted by Gasteiger charge is -2.42. The Labute approximate surface area is 196 Å². The van der Waals surface area contributed by atoms with E-state index in [1.807, 2.05) is 31.3 Å². The molecule has 1 heterocycles. The highest BCUT2D eigenvalue weighted by atomic mass is 16.5. The van der Waals surface area contributed by atoms with Crippen LogP contribution in [0.25, 0.3) is 0 Å². The highest BCUT2D eigenvalue weighted by Crippen LogP contribution is 2.46. The van der Waals surface area contributed by atoms with Gasteiger partial charge in [0.2, 0.25) is 0 Å². The van der Waals surface area contributed by atoms with Gasteiger partial charge in [-0.15, -0.1) is 5.53 Å². The summed E-state index contributed by atoms with van der Waals surface area (Å²) in [5.74, 6) is -0.314. The zero-order valence-electron chi connectivity index (χ0n) is 20.2. The lowest BCUT2D eigenvalue weighted by molar-refractivity contribution is -0.137. The molecule has 0 unspecified atom stereocenters. The van der Waals surface area contributed by atoms with E-state index < -0.39 is 5.97 Å². The number of carbonyl (C=O) groups is 1. The molecule has 0 bridgehead atoms. The third-order valence-electron chi connectivity index (χ3n) is 7.18. The number of hydrazine groups is 2. The summed E-state index contributed by atoms with van der Waals surface area (Å²) in [5.41, 5.74) is 12.1. The van der Waals surface area contributed by atoms with Crippen LogP contribution in [0.5, 0.6) is 5.75 Å². The number of hydrogen-bond acceptors (Lipinski definition) is 5. The highest BCUT2D eigenvalue weighted by Gasteiger charge is 2.36. The van der Waals surface area contributed by atoms with Crippen molar-refractivity contribution in [3.63, 3.8) is 0 Å². The zero-order valence-corrected chi connectivity index (χ0v) is 20.2. The molecule has 1 aliphatic carbocycles. The van der Waals surface area contributed by atoms with Crippen LogP contribution < -0.4 is 15.7 Å². The summed E-state index contributed by atoms with van der Waals surface area (Å²) in [6.45, 7) is 9.84. The maximum absolute atomic E-state index is 11.4. The van der Waals surface area contributed by atoms with Crippen molar-refractivity contribution in [2.75, 3.05) is 7.05 Å². The van der Waals surface area contributed by atoms with Gasteiger partial charge in [0, 0.05) is 19.2 Å². The molecule has 6 nitrogen and oxygen atoms in total. The van der Waals surface area contributed by atoms with Gasteiger partial charge in [-0.1, -0.05) is 58.0 Å². The number of nitrogens with one attached hydrogen (secondary N) is 2. The minimum atomic E-state index is -0.833. The zero-order chi connectivity index (χ0) is 23.8. The van der Waals surface area contributed by atoms with Crippen molar-refractivity contribution in [3.05, 3.63) is 76.6 Å². The summed E-state index contributed by atoms with van der Waals surface area (Å²) in [6, 6.07) is 14.5. The first-order chi connectivity index (χ1) is 15.6. The second-order valence-electron chi connectivity index (χ2n) is 10.5. The number of hydrogen-bond donors (Lipinski definition) is 3. The number of fused-ring (bicyclic) bond motifs is 1. The minimum absolute atomic E-state index is 0.0149. The monoisotopic (exact) mass is 449 g/mol. The molecular weight excluding hydrogens is 414 g/mol. The van der Waals surface area contributed by atoms with Crippen LogP contribution in [0.3, 0.4) is 0 Å². The van der Waals surface area contributed by atoms with E-state index >= 15 is 0 Å². The highest BCUT2D eigenvalue weighted by molar-refractivity contribution is 5.69. The van der Waals surface area contributed by atoms with Gasteiger partial charge < -0.3 is 15.3 Å². The van der Waals surface area contributed by atoms with Gasteiger partial charge in [0.15, 0.2) is 0 Å². The maximum Gasteiger partial charge on any atom is 0.304 e. The van der Waals surface area contributed by atoms with Crippen molar-refractivity contribution in [2.45, 2.75) is 70.3 Å². The quantitative estimate of drug-likeness (QED) is 0.554. The minimum Gasteiger partial charge on any atom is -0.489 e. The van der Waals surface area contributed by atoms with Gasteiger partial charge in [-0.3, -0.25) is 9.80 Å². The normalized spacial score (nSPS) is 19.3. The van der Waals surface area contributed by atoms with Crippen LogP contribution >= 0.6 is 0 Å². The van der Waals surface area contributed by atoms with Crippen molar-refractivity contribution in [2.24, 2.45) is 0 Å². The van der Waals surface area contributed by atoms with Crippen molar-refractivity contribution < 1.29 is 14.6 Å². The maximum atomic E-state index is 11.4. The first-order valence-corrected chi connectivity index (χ1v) is 11.6. The molecule has 176 valence electrons. The molecule has 0 saturated heterocycles. The molecule has 1 atom stereocenters. The smallest absolute Gasteiger partial charge is 0.304 e. The number of ether oxygens (including phenoxy) is 1. The molecule has 0 amide bonds. The molecule has 1 aliphatic heterocycles. The molecule has 0 aromatic heterocycles. The molecule has 0 spiro atoms. The Bertz CT molecular complexity index is 1060. The van der Waals surface area contributed by atoms with Crippen LogP contribution in [0.2, 0.25) is 0 Å². The molecular formula is C27H35N3O3. The predicted molar refractivity (Wildman–Crippen MR) is 130 cm³/mol. The molecule has 0 radical (unpaired) electrons. The second-order valence-corrected chi connectivity index (χ2v) is 10.5. The summed E-state index contributed by atoms with van der Waals surface area (Å²) >= 11 is 0. The Morgan fingerprint density at radius 3 is 2.33 bits per heavy atom. The van der Waals surface area contributed by atoms with Gasteiger partial charge in [0.05, 0.1) is 12.1 Å². The number of carboxylic acid groups (broad SMARTS) is 1. The Hall–Kier alpha value is -2.99. The first kappa shape index (κ1) is 23.2. The molecule has 0 saturated carbocycles. The Balaban J connectivity index is 1.48. The third kappa shape index (κ3) is 4.86. The van der Waals surface area contributed by atoms with Crippen LogP contribution in [0, 0.1) is 0 Å². The number of rotatable bonds is 7. The van der Waals surface area contributed by atoms with E-state index in [1.165, 1.54) is 29.5 Å². The predicted octanol–water partition coefficient (Wildman–Crippen LogP) is 4.97. The molecule has 4 rings (SSSR count). The van der Waals surface area contributed by atoms with E-state index in [9.17, 15) is 9.90 Å². The SMILES string of the molecule is CN1NNC=C1[C@@H](CC(=O)O)c1ccc(OCc2ccc3c(c2)C(C)(C)CCC3(C)C)cc1. The standard InChI is InChI=1S/C27H35N3O3/c1-26(2)12-13-27(3,4)23-14-18(6-11-22(23)26)17-33-20-9-7-19(8-10-20)21(15-25(31)32)24-16-28-29-30(24)5/h6-11,14,16,21,28-29H,12-13,15,17H2,1-5H3,(H,31,32)/t21-/m0/s1. The van der Waals surface area contributed by atoms with E-state index in [0.717, 1.165) is 17.0 Å².